The molecule has 3 aromatic heterocycles. The van der Waals surface area contributed by atoms with Gasteiger partial charge in [0.15, 0.2) is 17.3 Å². The van der Waals surface area contributed by atoms with Crippen LogP contribution in [0.3, 0.4) is 0 Å². The first-order valence-corrected chi connectivity index (χ1v) is 17.5. The summed E-state index contributed by atoms with van der Waals surface area (Å²) in [4.78, 5) is 70.0. The second-order valence-electron chi connectivity index (χ2n) is 12.7. The number of amides is 3. The number of fused-ring (bicyclic) bond motifs is 1. The minimum Gasteiger partial charge on any atom is -0.504 e. The van der Waals surface area contributed by atoms with E-state index in [9.17, 15) is 37.5 Å². The summed E-state index contributed by atoms with van der Waals surface area (Å²) < 4.78 is 47.8. The zero-order chi connectivity index (χ0) is 39.6. The number of carbonyl (C=O) groups excluding carboxylic acids is 3. The lowest BCUT2D eigenvalue weighted by Gasteiger charge is -2.43. The van der Waals surface area contributed by atoms with Crippen LogP contribution in [0.1, 0.15) is 46.6 Å². The maximum atomic E-state index is 14.6. The van der Waals surface area contributed by atoms with Gasteiger partial charge in [0.25, 0.3) is 11.5 Å². The number of carbonyl (C=O) groups is 3. The summed E-state index contributed by atoms with van der Waals surface area (Å²) in [6.07, 6.45) is 0.0432. The molecular formula is C35H36ClF3N10O6. The fourth-order valence-electron chi connectivity index (χ4n) is 6.47. The number of nitrogens with one attached hydrogen (secondary N) is 2. The Kier molecular flexibility index (Phi) is 11.2. The number of aromatic nitrogens is 6. The fourth-order valence-corrected chi connectivity index (χ4v) is 6.69. The van der Waals surface area contributed by atoms with E-state index < -0.39 is 47.6 Å². The van der Waals surface area contributed by atoms with Gasteiger partial charge in [0.2, 0.25) is 17.6 Å². The van der Waals surface area contributed by atoms with Gasteiger partial charge in [0.1, 0.15) is 18.6 Å². The van der Waals surface area contributed by atoms with E-state index in [1.165, 1.54) is 16.4 Å². The highest BCUT2D eigenvalue weighted by molar-refractivity contribution is 6.33. The molecule has 0 spiro atoms. The van der Waals surface area contributed by atoms with Crippen molar-refractivity contribution in [3.05, 3.63) is 87.1 Å². The first-order valence-electron chi connectivity index (χ1n) is 17.1. The van der Waals surface area contributed by atoms with Gasteiger partial charge in [-0.05, 0) is 49.6 Å². The van der Waals surface area contributed by atoms with Crippen molar-refractivity contribution in [1.29, 1.82) is 0 Å². The third-order valence-corrected chi connectivity index (χ3v) is 9.56. The van der Waals surface area contributed by atoms with Crippen LogP contribution in [-0.2, 0) is 33.5 Å². The topological polar surface area (TPSA) is 189 Å². The van der Waals surface area contributed by atoms with Crippen LogP contribution in [0.15, 0.2) is 48.1 Å². The van der Waals surface area contributed by atoms with Gasteiger partial charge in [-0.2, -0.15) is 22.7 Å². The summed E-state index contributed by atoms with van der Waals surface area (Å²) in [6, 6.07) is 1.83. The molecule has 2 aliphatic rings. The molecule has 4 aromatic rings. The Balaban J connectivity index is 1.43. The molecule has 1 atom stereocenters. The number of ether oxygens (including phenoxy) is 1. The molecular weight excluding hydrogens is 749 g/mol. The van der Waals surface area contributed by atoms with Crippen molar-refractivity contribution in [3.8, 4) is 5.75 Å². The molecule has 3 amide bonds. The number of rotatable bonds is 10. The number of benzene rings is 1. The third kappa shape index (κ3) is 8.02. The summed E-state index contributed by atoms with van der Waals surface area (Å²) >= 11 is 6.14. The highest BCUT2D eigenvalue weighted by Gasteiger charge is 2.36. The minimum absolute atomic E-state index is 0.0260. The van der Waals surface area contributed by atoms with Crippen molar-refractivity contribution < 1.29 is 37.4 Å². The molecule has 1 aromatic carbocycles. The summed E-state index contributed by atoms with van der Waals surface area (Å²) in [5.74, 6) is -1.87. The number of aryl methyl sites for hydroxylation is 1. The molecule has 3 N–H and O–H groups in total. The van der Waals surface area contributed by atoms with E-state index in [1.54, 1.807) is 17.9 Å². The number of hydrogen-bond donors (Lipinski definition) is 3. The summed E-state index contributed by atoms with van der Waals surface area (Å²) in [5, 5.41) is 20.1. The maximum absolute atomic E-state index is 14.6. The van der Waals surface area contributed by atoms with Crippen molar-refractivity contribution >= 4 is 52.0 Å². The highest BCUT2D eigenvalue weighted by Crippen LogP contribution is 2.34. The Morgan fingerprint density at radius 3 is 2.65 bits per heavy atom. The average Bonchev–Trinajstić information content (AvgIpc) is 3.62. The fraction of sp³-hybridized carbons (Fsp3) is 0.371. The van der Waals surface area contributed by atoms with Crippen molar-refractivity contribution in [2.24, 2.45) is 0 Å². The van der Waals surface area contributed by atoms with E-state index >= 15 is 0 Å². The van der Waals surface area contributed by atoms with Crippen LogP contribution in [0, 0.1) is 6.92 Å². The van der Waals surface area contributed by atoms with Gasteiger partial charge < -0.3 is 34.8 Å². The second kappa shape index (κ2) is 15.9. The quantitative estimate of drug-likeness (QED) is 0.201. The van der Waals surface area contributed by atoms with Crippen LogP contribution in [0.5, 0.6) is 5.75 Å². The Morgan fingerprint density at radius 1 is 1.20 bits per heavy atom. The lowest BCUT2D eigenvalue weighted by atomic mass is 10.1. The van der Waals surface area contributed by atoms with Crippen molar-refractivity contribution in [2.75, 3.05) is 49.6 Å². The lowest BCUT2D eigenvalue weighted by Crippen LogP contribution is -2.60. The van der Waals surface area contributed by atoms with E-state index in [2.05, 4.69) is 37.3 Å². The minimum atomic E-state index is -4.65. The first-order chi connectivity index (χ1) is 26.2. The monoisotopic (exact) mass is 784 g/mol. The predicted octanol–water partition coefficient (Wildman–Crippen LogP) is 3.01. The number of aromatic hydroxyl groups is 1. The van der Waals surface area contributed by atoms with Crippen LogP contribution in [0.25, 0.3) is 11.4 Å². The summed E-state index contributed by atoms with van der Waals surface area (Å²) in [5.41, 5.74) is -0.419. The van der Waals surface area contributed by atoms with Gasteiger partial charge >= 0.3 is 6.18 Å². The van der Waals surface area contributed by atoms with E-state index in [4.69, 9.17) is 16.3 Å². The van der Waals surface area contributed by atoms with E-state index in [1.807, 2.05) is 0 Å². The molecule has 5 heterocycles. The van der Waals surface area contributed by atoms with Gasteiger partial charge in [-0.25, -0.2) is 9.97 Å². The van der Waals surface area contributed by atoms with E-state index in [-0.39, 0.29) is 77.7 Å². The summed E-state index contributed by atoms with van der Waals surface area (Å²) in [6.45, 7) is 7.10. The van der Waals surface area contributed by atoms with Crippen LogP contribution in [-0.4, -0.2) is 102 Å². The molecule has 1 saturated heterocycles. The average molecular weight is 785 g/mol. The van der Waals surface area contributed by atoms with Crippen molar-refractivity contribution in [2.45, 2.75) is 45.5 Å². The lowest BCUT2D eigenvalue weighted by molar-refractivity contribution is -0.137. The molecule has 1 unspecified atom stereocenters. The van der Waals surface area contributed by atoms with Crippen molar-refractivity contribution in [1.82, 2.24) is 39.3 Å². The zero-order valence-electron chi connectivity index (χ0n) is 29.7. The largest absolute Gasteiger partial charge is 0.504 e. The number of piperazine rings is 1. The molecule has 0 radical (unpaired) electrons. The Hall–Kier alpha value is -5.82. The van der Waals surface area contributed by atoms with E-state index in [0.717, 1.165) is 34.6 Å². The Labute approximate surface area is 316 Å². The zero-order valence-corrected chi connectivity index (χ0v) is 30.4. The van der Waals surface area contributed by atoms with Gasteiger partial charge in [0.05, 0.1) is 46.9 Å². The molecule has 1 fully saturated rings. The third-order valence-electron chi connectivity index (χ3n) is 9.25. The normalized spacial score (nSPS) is 16.2. The number of nitrogens with zero attached hydrogens (tertiary/aromatic N) is 8. The van der Waals surface area contributed by atoms with E-state index in [0.29, 0.717) is 31.4 Å². The molecule has 6 rings (SSSR count). The maximum Gasteiger partial charge on any atom is 0.416 e. The van der Waals surface area contributed by atoms with Crippen LogP contribution >= 0.6 is 11.6 Å². The van der Waals surface area contributed by atoms with Crippen LogP contribution in [0.4, 0.5) is 24.5 Å². The second-order valence-corrected chi connectivity index (χ2v) is 13.1. The molecule has 0 saturated carbocycles. The Bertz CT molecular complexity index is 2270. The molecule has 16 nitrogen and oxygen atoms in total. The molecule has 20 heteroatoms. The molecule has 55 heavy (non-hydrogen) atoms. The van der Waals surface area contributed by atoms with Gasteiger partial charge in [-0.15, -0.1) is 5.10 Å². The first kappa shape index (κ1) is 38.9. The summed E-state index contributed by atoms with van der Waals surface area (Å²) in [7, 11) is 0. The van der Waals surface area contributed by atoms with Crippen LogP contribution < -0.4 is 21.1 Å². The molecule has 0 bridgehead atoms. The van der Waals surface area contributed by atoms with Gasteiger partial charge in [-0.1, -0.05) is 31.2 Å². The number of anilines is 2. The molecule has 2 aliphatic heterocycles. The predicted molar refractivity (Wildman–Crippen MR) is 194 cm³/mol. The number of hydrogen-bond acceptors (Lipinski definition) is 11. The van der Waals surface area contributed by atoms with Crippen molar-refractivity contribution in [3.63, 3.8) is 0 Å². The standard InChI is InChI=1S/C35H36ClF3N10O6/c1-4-25-29(47-11-10-46(16-22(47)15-40-26(50)5-2)32(53)28-30(52)19(3)41-18-42-28)33(54)49-34(44-31(45-49)20-8-12-55-13-9-20)48(25)17-27(51)43-24-7-6-21(14-23(24)36)35(37,38)39/h5-8,14,18,22,52H,2,4,9-13,15-17H2,1,3H3,(H,40,50)(H,43,51). The van der Waals surface area contributed by atoms with Crippen LogP contribution in [0.2, 0.25) is 5.02 Å². The SMILES string of the molecule is C=CC(=O)NCC1CN(C(=O)c2ncnc(C)c2O)CCN1c1c(CC)n(CC(=O)Nc2ccc(C(F)(F)F)cc2Cl)c2nc(C3=CCOCC3)nn2c1=O. The van der Waals surface area contributed by atoms with Gasteiger partial charge in [-0.3, -0.25) is 19.2 Å². The Morgan fingerprint density at radius 2 is 1.98 bits per heavy atom. The number of halogens is 4. The van der Waals surface area contributed by atoms with Gasteiger partial charge in [0, 0.05) is 26.2 Å². The highest BCUT2D eigenvalue weighted by atomic mass is 35.5. The smallest absolute Gasteiger partial charge is 0.416 e. The molecule has 0 aliphatic carbocycles. The molecule has 290 valence electrons. The number of alkyl halides is 3.